The first-order chi connectivity index (χ1) is 16.6. The molecule has 8 nitrogen and oxygen atoms in total. The number of benzene rings is 1. The Hall–Kier alpha value is -3.03. The van der Waals surface area contributed by atoms with E-state index in [0.717, 1.165) is 37.3 Å². The van der Waals surface area contributed by atoms with E-state index in [1.165, 1.54) is 11.1 Å². The van der Waals surface area contributed by atoms with E-state index in [9.17, 15) is 31.1 Å². The number of ketones is 1. The number of nitrogens with zero attached hydrogens (tertiary/aromatic N) is 1. The number of aliphatic carboxylic acids is 2. The summed E-state index contributed by atoms with van der Waals surface area (Å²) >= 11 is 0. The summed E-state index contributed by atoms with van der Waals surface area (Å²) in [4.78, 5) is 32.9. The van der Waals surface area contributed by atoms with Crippen LogP contribution in [0.4, 0.5) is 26.3 Å². The number of hydrogen-bond donors (Lipinski definition) is 2. The molecule has 2 aliphatic carbocycles. The van der Waals surface area contributed by atoms with Crippen molar-refractivity contribution in [3.05, 3.63) is 23.3 Å². The highest BCUT2D eigenvalue weighted by Gasteiger charge is 2.65. The molecule has 2 heterocycles. The summed E-state index contributed by atoms with van der Waals surface area (Å²) in [6, 6.07) is 4.73. The van der Waals surface area contributed by atoms with Crippen LogP contribution in [0.15, 0.2) is 12.1 Å². The Morgan fingerprint density at radius 3 is 2.17 bits per heavy atom. The van der Waals surface area contributed by atoms with Crippen molar-refractivity contribution in [2.45, 2.75) is 55.6 Å². The summed E-state index contributed by atoms with van der Waals surface area (Å²) in [5.41, 5.74) is 2.57. The van der Waals surface area contributed by atoms with Gasteiger partial charge in [0.1, 0.15) is 0 Å². The number of carboxylic acids is 2. The Bertz CT molecular complexity index is 1030. The van der Waals surface area contributed by atoms with Gasteiger partial charge in [-0.25, -0.2) is 9.59 Å². The van der Waals surface area contributed by atoms with Gasteiger partial charge >= 0.3 is 24.3 Å². The van der Waals surface area contributed by atoms with Gasteiger partial charge in [0.05, 0.1) is 7.11 Å². The van der Waals surface area contributed by atoms with E-state index >= 15 is 0 Å². The molecule has 5 rings (SSSR count). The number of alkyl halides is 6. The highest BCUT2D eigenvalue weighted by molar-refractivity contribution is 5.89. The summed E-state index contributed by atoms with van der Waals surface area (Å²) in [6.07, 6.45) is -6.70. The van der Waals surface area contributed by atoms with Crippen molar-refractivity contribution in [1.29, 1.82) is 0 Å². The SMILES string of the molecule is COc1ccc2c3c1O[C@H]1C(=O)CC[C@H]4[C@@H](C2)N(C)CC[C@]314.O=C(O)C(F)(F)F.O=C(O)C(F)(F)F. The molecule has 4 atom stereocenters. The number of ether oxygens (including phenoxy) is 2. The second kappa shape index (κ2) is 9.45. The summed E-state index contributed by atoms with van der Waals surface area (Å²) in [5.74, 6) is -3.06. The van der Waals surface area contributed by atoms with Gasteiger partial charge in [-0.3, -0.25) is 4.79 Å². The second-order valence-electron chi connectivity index (χ2n) is 8.89. The van der Waals surface area contributed by atoms with Crippen LogP contribution in [0.1, 0.15) is 30.4 Å². The highest BCUT2D eigenvalue weighted by Crippen LogP contribution is 2.63. The van der Waals surface area contributed by atoms with Crippen molar-refractivity contribution >= 4 is 17.7 Å². The van der Waals surface area contributed by atoms with Crippen molar-refractivity contribution in [3.8, 4) is 11.5 Å². The van der Waals surface area contributed by atoms with Gasteiger partial charge in [-0.15, -0.1) is 0 Å². The third-order valence-electron chi connectivity index (χ3n) is 7.08. The summed E-state index contributed by atoms with van der Waals surface area (Å²) in [6.45, 7) is 1.05. The minimum atomic E-state index is -5.08. The number of Topliss-reactive ketones (excluding diaryl/α,β-unsaturated/α-hetero) is 1. The van der Waals surface area contributed by atoms with Crippen molar-refractivity contribution in [2.24, 2.45) is 5.92 Å². The number of carboxylic acid groups (broad SMARTS) is 2. The van der Waals surface area contributed by atoms with Crippen LogP contribution in [0.5, 0.6) is 11.5 Å². The zero-order valence-corrected chi connectivity index (χ0v) is 19.1. The molecule has 0 unspecified atom stereocenters. The van der Waals surface area contributed by atoms with E-state index in [0.29, 0.717) is 18.4 Å². The van der Waals surface area contributed by atoms with Crippen LogP contribution in [0.2, 0.25) is 0 Å². The van der Waals surface area contributed by atoms with Crippen LogP contribution >= 0.6 is 0 Å². The average Bonchev–Trinajstić information content (AvgIpc) is 3.12. The van der Waals surface area contributed by atoms with E-state index in [4.69, 9.17) is 29.3 Å². The largest absolute Gasteiger partial charge is 0.493 e. The lowest BCUT2D eigenvalue weighted by molar-refractivity contribution is -0.193. The first kappa shape index (κ1) is 27.6. The predicted molar refractivity (Wildman–Crippen MR) is 109 cm³/mol. The second-order valence-corrected chi connectivity index (χ2v) is 8.89. The lowest BCUT2D eigenvalue weighted by Crippen LogP contribution is -2.65. The molecular formula is C22H23F6NO7. The maximum atomic E-state index is 12.6. The fraction of sp³-hybridized carbons (Fsp3) is 0.591. The molecule has 14 heteroatoms. The molecule has 2 N–H and O–H groups in total. The normalized spacial score (nSPS) is 27.9. The third kappa shape index (κ3) is 4.70. The van der Waals surface area contributed by atoms with Crippen LogP contribution in [0.3, 0.4) is 0 Å². The van der Waals surface area contributed by atoms with Gasteiger partial charge in [-0.1, -0.05) is 6.07 Å². The van der Waals surface area contributed by atoms with Gasteiger partial charge in [0.25, 0.3) is 0 Å². The number of carbonyl (C=O) groups is 3. The van der Waals surface area contributed by atoms with Crippen LogP contribution in [0, 0.1) is 5.92 Å². The van der Waals surface area contributed by atoms with E-state index in [1.54, 1.807) is 7.11 Å². The molecule has 1 saturated heterocycles. The smallest absolute Gasteiger partial charge is 0.490 e. The van der Waals surface area contributed by atoms with Gasteiger partial charge in [0, 0.05) is 23.4 Å². The average molecular weight is 527 g/mol. The number of halogens is 6. The van der Waals surface area contributed by atoms with E-state index < -0.39 is 24.3 Å². The lowest BCUT2D eigenvalue weighted by Gasteiger charge is -2.57. The van der Waals surface area contributed by atoms with E-state index in [1.807, 2.05) is 6.07 Å². The predicted octanol–water partition coefficient (Wildman–Crippen LogP) is 3.20. The molecule has 0 amide bonds. The van der Waals surface area contributed by atoms with Crippen molar-refractivity contribution in [3.63, 3.8) is 0 Å². The van der Waals surface area contributed by atoms with Crippen LogP contribution < -0.4 is 9.47 Å². The first-order valence-corrected chi connectivity index (χ1v) is 10.8. The van der Waals surface area contributed by atoms with Crippen LogP contribution in [-0.4, -0.2) is 78.0 Å². The molecule has 2 aliphatic heterocycles. The number of methoxy groups -OCH3 is 1. The van der Waals surface area contributed by atoms with Crippen molar-refractivity contribution < 1.29 is 60.4 Å². The zero-order chi connectivity index (χ0) is 27.2. The molecule has 2 bridgehead atoms. The molecule has 1 saturated carbocycles. The number of likely N-dealkylation sites (N-methyl/N-ethyl adjacent to an activating group) is 1. The van der Waals surface area contributed by atoms with Crippen molar-refractivity contribution in [1.82, 2.24) is 4.90 Å². The Kier molecular flexibility index (Phi) is 7.23. The topological polar surface area (TPSA) is 113 Å². The van der Waals surface area contributed by atoms with Crippen LogP contribution in [-0.2, 0) is 26.2 Å². The standard InChI is InChI=1S/C18H21NO3.2C2HF3O2/c1-19-8-7-18-11-4-5-13(20)17(18)22-16-14(21-2)6-3-10(15(16)18)9-12(11)19;2*3-2(4,5)1(6)7/h3,6,11-12,17H,4-5,7-9H2,1-2H3;2*(H,6,7)/t11-,12+,17-,18-;;/m0../s1. The Morgan fingerprint density at radius 1 is 1.11 bits per heavy atom. The quantitative estimate of drug-likeness (QED) is 0.536. The maximum Gasteiger partial charge on any atom is 0.490 e. The molecule has 1 spiro atoms. The third-order valence-corrected chi connectivity index (χ3v) is 7.08. The molecule has 0 aromatic heterocycles. The number of rotatable bonds is 1. The minimum absolute atomic E-state index is 0.0933. The molecule has 1 aromatic rings. The Labute approximate surface area is 200 Å². The Morgan fingerprint density at radius 2 is 1.67 bits per heavy atom. The number of hydrogen-bond acceptors (Lipinski definition) is 6. The van der Waals surface area contributed by atoms with Gasteiger partial charge in [0.2, 0.25) is 0 Å². The molecule has 2 fully saturated rings. The lowest BCUT2D eigenvalue weighted by atomic mass is 9.52. The van der Waals surface area contributed by atoms with Gasteiger partial charge in [-0.05, 0) is 50.4 Å². The molecule has 200 valence electrons. The maximum absolute atomic E-state index is 12.6. The molecule has 1 aromatic carbocycles. The highest BCUT2D eigenvalue weighted by atomic mass is 19.4. The number of likely N-dealkylation sites (tertiary alicyclic amines) is 1. The van der Waals surface area contributed by atoms with Gasteiger partial charge in [0.15, 0.2) is 23.4 Å². The number of carbonyl (C=O) groups excluding carboxylic acids is 1. The minimum Gasteiger partial charge on any atom is -0.493 e. The van der Waals surface area contributed by atoms with E-state index in [2.05, 4.69) is 18.0 Å². The van der Waals surface area contributed by atoms with Gasteiger partial charge in [-0.2, -0.15) is 26.3 Å². The fourth-order valence-electron chi connectivity index (χ4n) is 5.67. The fourth-order valence-corrected chi connectivity index (χ4v) is 5.67. The van der Waals surface area contributed by atoms with E-state index in [-0.39, 0.29) is 17.3 Å². The zero-order valence-electron chi connectivity index (χ0n) is 19.1. The molecular weight excluding hydrogens is 504 g/mol. The summed E-state index contributed by atoms with van der Waals surface area (Å²) in [5, 5.41) is 14.2. The number of piperidine rings is 1. The van der Waals surface area contributed by atoms with Gasteiger partial charge < -0.3 is 24.6 Å². The first-order valence-electron chi connectivity index (χ1n) is 10.8. The summed E-state index contributed by atoms with van der Waals surface area (Å²) < 4.78 is 75.2. The summed E-state index contributed by atoms with van der Waals surface area (Å²) in [7, 11) is 3.91. The molecule has 0 radical (unpaired) electrons. The molecule has 4 aliphatic rings. The Balaban J connectivity index is 0.000000216. The van der Waals surface area contributed by atoms with Crippen LogP contribution in [0.25, 0.3) is 0 Å². The van der Waals surface area contributed by atoms with Crippen molar-refractivity contribution in [2.75, 3.05) is 20.7 Å². The monoisotopic (exact) mass is 527 g/mol. The molecule has 36 heavy (non-hydrogen) atoms.